The molecule has 68 valence electrons. The number of benzene rings is 1. The van der Waals surface area contributed by atoms with Gasteiger partial charge in [-0.15, -0.1) is 11.3 Å². The molecule has 3 aromatic rings. The maximum Gasteiger partial charge on any atom is 0.168 e. The van der Waals surface area contributed by atoms with Gasteiger partial charge in [0.2, 0.25) is 0 Å². The molecule has 14 heavy (non-hydrogen) atoms. The van der Waals surface area contributed by atoms with Gasteiger partial charge in [-0.1, -0.05) is 23.4 Å². The fraction of sp³-hybridized carbons (Fsp3) is 0. The van der Waals surface area contributed by atoms with Crippen molar-refractivity contribution in [2.24, 2.45) is 0 Å². The molecule has 0 aliphatic heterocycles. The molecule has 0 amide bonds. The summed E-state index contributed by atoms with van der Waals surface area (Å²) in [6.07, 6.45) is 1.67. The zero-order valence-corrected chi connectivity index (χ0v) is 8.12. The predicted octanol–water partition coefficient (Wildman–Crippen LogP) is 3.56. The molecule has 0 bridgehead atoms. The van der Waals surface area contributed by atoms with Gasteiger partial charge in [0.1, 0.15) is 0 Å². The van der Waals surface area contributed by atoms with Crippen LogP contribution in [0.5, 0.6) is 0 Å². The van der Waals surface area contributed by atoms with Crippen molar-refractivity contribution in [2.75, 3.05) is 0 Å². The number of rotatable bonds is 1. The van der Waals surface area contributed by atoms with Gasteiger partial charge in [0, 0.05) is 27.1 Å². The lowest BCUT2D eigenvalue weighted by Gasteiger charge is -1.91. The van der Waals surface area contributed by atoms with E-state index < -0.39 is 0 Å². The fourth-order valence-corrected chi connectivity index (χ4v) is 2.47. The summed E-state index contributed by atoms with van der Waals surface area (Å²) in [6, 6.07) is 10.2. The lowest BCUT2D eigenvalue weighted by atomic mass is 10.1. The summed E-state index contributed by atoms with van der Waals surface area (Å²) in [5.74, 6) is 0.836. The average molecular weight is 201 g/mol. The van der Waals surface area contributed by atoms with E-state index in [1.165, 1.54) is 10.1 Å². The van der Waals surface area contributed by atoms with Gasteiger partial charge >= 0.3 is 0 Å². The Balaban J connectivity index is 2.33. The van der Waals surface area contributed by atoms with Crippen LogP contribution in [0, 0.1) is 0 Å². The Bertz CT molecular complexity index is 553. The van der Waals surface area contributed by atoms with E-state index in [1.54, 1.807) is 17.5 Å². The number of nitrogens with zero attached hydrogens (tertiary/aromatic N) is 1. The minimum Gasteiger partial charge on any atom is -0.356 e. The highest BCUT2D eigenvalue weighted by Gasteiger charge is 2.07. The van der Waals surface area contributed by atoms with E-state index >= 15 is 0 Å². The Morgan fingerprint density at radius 1 is 1.14 bits per heavy atom. The number of fused-ring (bicyclic) bond motifs is 1. The van der Waals surface area contributed by atoms with Gasteiger partial charge in [0.25, 0.3) is 0 Å². The molecule has 0 saturated carbocycles. The first-order valence-corrected chi connectivity index (χ1v) is 5.20. The molecule has 0 aliphatic rings. The molecule has 0 spiro atoms. The average Bonchev–Trinajstić information content (AvgIpc) is 2.85. The Morgan fingerprint density at radius 3 is 2.93 bits per heavy atom. The molecule has 0 fully saturated rings. The van der Waals surface area contributed by atoms with Crippen molar-refractivity contribution < 1.29 is 4.52 Å². The second-order valence-electron chi connectivity index (χ2n) is 3.02. The monoisotopic (exact) mass is 201 g/mol. The summed E-state index contributed by atoms with van der Waals surface area (Å²) in [6.45, 7) is 0. The third-order valence-corrected chi connectivity index (χ3v) is 3.15. The molecular weight excluding hydrogens is 194 g/mol. The number of aromatic nitrogens is 1. The van der Waals surface area contributed by atoms with Crippen molar-refractivity contribution >= 4 is 21.4 Å². The number of hydrogen-bond donors (Lipinski definition) is 0. The van der Waals surface area contributed by atoms with Crippen LogP contribution in [-0.2, 0) is 0 Å². The van der Waals surface area contributed by atoms with Crippen molar-refractivity contribution in [3.63, 3.8) is 0 Å². The second kappa shape index (κ2) is 2.96. The molecule has 3 rings (SSSR count). The first-order valence-electron chi connectivity index (χ1n) is 4.32. The third kappa shape index (κ3) is 1.06. The SMILES string of the molecule is c1ccc2c(-c3ccno3)csc2c1. The van der Waals surface area contributed by atoms with Crippen molar-refractivity contribution in [3.8, 4) is 11.3 Å². The van der Waals surface area contributed by atoms with Crippen molar-refractivity contribution in [2.45, 2.75) is 0 Å². The van der Waals surface area contributed by atoms with E-state index in [2.05, 4.69) is 22.7 Å². The van der Waals surface area contributed by atoms with E-state index in [0.717, 1.165) is 11.3 Å². The van der Waals surface area contributed by atoms with Gasteiger partial charge in [-0.3, -0.25) is 0 Å². The van der Waals surface area contributed by atoms with E-state index in [4.69, 9.17) is 4.52 Å². The maximum atomic E-state index is 5.14. The maximum absolute atomic E-state index is 5.14. The molecule has 0 unspecified atom stereocenters. The summed E-state index contributed by atoms with van der Waals surface area (Å²) >= 11 is 1.72. The van der Waals surface area contributed by atoms with Crippen LogP contribution in [0.25, 0.3) is 21.4 Å². The summed E-state index contributed by atoms with van der Waals surface area (Å²) in [7, 11) is 0. The summed E-state index contributed by atoms with van der Waals surface area (Å²) in [4.78, 5) is 0. The fourth-order valence-electron chi connectivity index (χ4n) is 1.52. The van der Waals surface area contributed by atoms with Crippen LogP contribution in [0.4, 0.5) is 0 Å². The second-order valence-corrected chi connectivity index (χ2v) is 3.93. The van der Waals surface area contributed by atoms with E-state index in [-0.39, 0.29) is 0 Å². The van der Waals surface area contributed by atoms with Gasteiger partial charge in [-0.25, -0.2) is 0 Å². The van der Waals surface area contributed by atoms with Crippen molar-refractivity contribution in [3.05, 3.63) is 41.9 Å². The zero-order chi connectivity index (χ0) is 9.38. The molecule has 1 aromatic carbocycles. The number of thiophene rings is 1. The lowest BCUT2D eigenvalue weighted by molar-refractivity contribution is 0.432. The topological polar surface area (TPSA) is 26.0 Å². The van der Waals surface area contributed by atoms with E-state index in [9.17, 15) is 0 Å². The van der Waals surface area contributed by atoms with Crippen LogP contribution in [-0.4, -0.2) is 5.16 Å². The number of hydrogen-bond acceptors (Lipinski definition) is 3. The molecule has 2 heterocycles. The van der Waals surface area contributed by atoms with Crippen LogP contribution >= 0.6 is 11.3 Å². The van der Waals surface area contributed by atoms with Gasteiger partial charge in [-0.05, 0) is 6.07 Å². The van der Waals surface area contributed by atoms with Crippen molar-refractivity contribution in [1.29, 1.82) is 0 Å². The molecule has 2 nitrogen and oxygen atoms in total. The Morgan fingerprint density at radius 2 is 2.07 bits per heavy atom. The third-order valence-electron chi connectivity index (χ3n) is 2.18. The largest absolute Gasteiger partial charge is 0.356 e. The molecule has 3 heteroatoms. The first kappa shape index (κ1) is 7.76. The zero-order valence-electron chi connectivity index (χ0n) is 7.31. The molecule has 2 aromatic heterocycles. The van der Waals surface area contributed by atoms with Gasteiger partial charge in [-0.2, -0.15) is 0 Å². The lowest BCUT2D eigenvalue weighted by Crippen LogP contribution is -1.69. The minimum atomic E-state index is 0.836. The molecule has 0 radical (unpaired) electrons. The van der Waals surface area contributed by atoms with Crippen LogP contribution in [0.2, 0.25) is 0 Å². The van der Waals surface area contributed by atoms with Gasteiger partial charge in [0.15, 0.2) is 5.76 Å². The molecule has 0 atom stereocenters. The Hall–Kier alpha value is -1.61. The first-order chi connectivity index (χ1) is 6.95. The Labute approximate surface area is 84.8 Å². The van der Waals surface area contributed by atoms with Crippen LogP contribution < -0.4 is 0 Å². The highest BCUT2D eigenvalue weighted by molar-refractivity contribution is 7.17. The summed E-state index contributed by atoms with van der Waals surface area (Å²) in [5.41, 5.74) is 1.13. The summed E-state index contributed by atoms with van der Waals surface area (Å²) in [5, 5.41) is 7.05. The quantitative estimate of drug-likeness (QED) is 0.601. The normalized spacial score (nSPS) is 10.9. The van der Waals surface area contributed by atoms with Crippen LogP contribution in [0.1, 0.15) is 0 Å². The molecule has 0 aliphatic carbocycles. The van der Waals surface area contributed by atoms with Gasteiger partial charge < -0.3 is 4.52 Å². The Kier molecular flexibility index (Phi) is 1.64. The molecular formula is C11H7NOS. The highest BCUT2D eigenvalue weighted by Crippen LogP contribution is 2.33. The molecule has 0 saturated heterocycles. The summed E-state index contributed by atoms with van der Waals surface area (Å²) < 4.78 is 6.42. The van der Waals surface area contributed by atoms with Gasteiger partial charge in [0.05, 0.1) is 6.20 Å². The minimum absolute atomic E-state index is 0.836. The smallest absolute Gasteiger partial charge is 0.168 e. The molecule has 0 N–H and O–H groups in total. The van der Waals surface area contributed by atoms with Crippen molar-refractivity contribution in [1.82, 2.24) is 5.16 Å². The van der Waals surface area contributed by atoms with E-state index in [1.807, 2.05) is 18.2 Å². The van der Waals surface area contributed by atoms with E-state index in [0.29, 0.717) is 0 Å². The standard InChI is InChI=1S/C11H7NOS/c1-2-4-11-8(3-1)9(7-14-11)10-5-6-12-13-10/h1-7H. The highest BCUT2D eigenvalue weighted by atomic mass is 32.1. The van der Waals surface area contributed by atoms with Crippen LogP contribution in [0.3, 0.4) is 0 Å². The predicted molar refractivity (Wildman–Crippen MR) is 57.3 cm³/mol. The van der Waals surface area contributed by atoms with Crippen LogP contribution in [0.15, 0.2) is 46.4 Å².